The molecule has 1 aromatic rings. The minimum absolute atomic E-state index is 0.0394. The van der Waals surface area contributed by atoms with Crippen molar-refractivity contribution in [3.05, 3.63) is 22.7 Å². The second-order valence-electron chi connectivity index (χ2n) is 3.30. The molecule has 0 bridgehead atoms. The molecule has 0 radical (unpaired) electrons. The van der Waals surface area contributed by atoms with Gasteiger partial charge in [-0.3, -0.25) is 9.13 Å². The highest BCUT2D eigenvalue weighted by atomic mass is 31.1. The molecular weight excluding hydrogens is 249 g/mol. The number of hydrogen-bond donors (Lipinski definition) is 3. The summed E-state index contributed by atoms with van der Waals surface area (Å²) in [5.74, 6) is 0.105. The Bertz CT molecular complexity index is 449. The van der Waals surface area contributed by atoms with E-state index in [-0.39, 0.29) is 25.3 Å². The molecule has 8 nitrogen and oxygen atoms in total. The molecule has 2 unspecified atom stereocenters. The van der Waals surface area contributed by atoms with Gasteiger partial charge in [-0.25, -0.2) is 4.79 Å². The Labute approximate surface area is 97.5 Å². The van der Waals surface area contributed by atoms with Crippen LogP contribution in [0.2, 0.25) is 0 Å². The summed E-state index contributed by atoms with van der Waals surface area (Å²) in [7, 11) is -2.75. The predicted molar refractivity (Wildman–Crippen MR) is 61.0 cm³/mol. The molecule has 0 aliphatic carbocycles. The lowest BCUT2D eigenvalue weighted by Crippen LogP contribution is -2.31. The van der Waals surface area contributed by atoms with Gasteiger partial charge in [-0.05, 0) is 6.07 Å². The average Bonchev–Trinajstić information content (AvgIpc) is 2.26. The number of aliphatic hydroxyl groups is 1. The third kappa shape index (κ3) is 4.66. The zero-order valence-electron chi connectivity index (χ0n) is 8.94. The average molecular weight is 263 g/mol. The first-order valence-corrected chi connectivity index (χ1v) is 6.36. The van der Waals surface area contributed by atoms with Crippen molar-refractivity contribution in [3.63, 3.8) is 0 Å². The van der Waals surface area contributed by atoms with Crippen LogP contribution < -0.4 is 11.4 Å². The molecule has 17 heavy (non-hydrogen) atoms. The summed E-state index contributed by atoms with van der Waals surface area (Å²) in [5, 5.41) is 8.99. The molecule has 0 fully saturated rings. The van der Waals surface area contributed by atoms with Gasteiger partial charge in [0.15, 0.2) is 0 Å². The largest absolute Gasteiger partial charge is 0.394 e. The third-order valence-corrected chi connectivity index (χ3v) is 2.36. The topological polar surface area (TPSA) is 128 Å². The summed E-state index contributed by atoms with van der Waals surface area (Å²) in [5.41, 5.74) is 4.75. The fraction of sp³-hybridized carbons (Fsp3) is 0.500. The Hall–Kier alpha value is -1.21. The zero-order chi connectivity index (χ0) is 12.8. The first-order chi connectivity index (χ1) is 8.02. The van der Waals surface area contributed by atoms with Crippen molar-refractivity contribution in [1.82, 2.24) is 9.55 Å². The molecule has 1 rings (SSSR count). The minimum Gasteiger partial charge on any atom is -0.394 e. The summed E-state index contributed by atoms with van der Waals surface area (Å²) in [6.45, 7) is -0.330. The van der Waals surface area contributed by atoms with Crippen molar-refractivity contribution in [2.45, 2.75) is 12.6 Å². The van der Waals surface area contributed by atoms with Gasteiger partial charge in [0.25, 0.3) is 0 Å². The number of hydrogen-bond acceptors (Lipinski definition) is 6. The van der Waals surface area contributed by atoms with E-state index in [0.29, 0.717) is 0 Å². The molecule has 0 saturated heterocycles. The van der Waals surface area contributed by atoms with Crippen LogP contribution in [0.15, 0.2) is 17.1 Å². The minimum atomic E-state index is -2.75. The summed E-state index contributed by atoms with van der Waals surface area (Å²) in [6.07, 6.45) is 0.324. The Morgan fingerprint density at radius 3 is 2.88 bits per heavy atom. The summed E-state index contributed by atoms with van der Waals surface area (Å²) in [4.78, 5) is 23.5. The van der Waals surface area contributed by atoms with Gasteiger partial charge in [0.1, 0.15) is 12.2 Å². The van der Waals surface area contributed by atoms with Crippen LogP contribution in [0.1, 0.15) is 0 Å². The number of ether oxygens (including phenoxy) is 1. The lowest BCUT2D eigenvalue weighted by molar-refractivity contribution is 0.0236. The number of aromatic nitrogens is 2. The van der Waals surface area contributed by atoms with E-state index in [1.54, 1.807) is 0 Å². The van der Waals surface area contributed by atoms with E-state index in [9.17, 15) is 9.36 Å². The van der Waals surface area contributed by atoms with Crippen molar-refractivity contribution in [3.8, 4) is 0 Å². The van der Waals surface area contributed by atoms with Crippen LogP contribution in [0.3, 0.4) is 0 Å². The van der Waals surface area contributed by atoms with Crippen LogP contribution in [-0.2, 0) is 15.8 Å². The lowest BCUT2D eigenvalue weighted by Gasteiger charge is -2.15. The van der Waals surface area contributed by atoms with E-state index in [1.807, 2.05) is 0 Å². The van der Waals surface area contributed by atoms with Crippen molar-refractivity contribution in [1.29, 1.82) is 0 Å². The van der Waals surface area contributed by atoms with E-state index in [2.05, 4.69) is 4.98 Å². The maximum absolute atomic E-state index is 11.4. The summed E-state index contributed by atoms with van der Waals surface area (Å²) < 4.78 is 16.6. The Morgan fingerprint density at radius 2 is 2.35 bits per heavy atom. The van der Waals surface area contributed by atoms with Crippen LogP contribution in [-0.4, -0.2) is 38.6 Å². The van der Waals surface area contributed by atoms with Crippen molar-refractivity contribution >= 4 is 13.8 Å². The van der Waals surface area contributed by atoms with Gasteiger partial charge in [0.2, 0.25) is 8.03 Å². The highest BCUT2D eigenvalue weighted by Gasteiger charge is 2.11. The molecule has 1 heterocycles. The fourth-order valence-corrected chi connectivity index (χ4v) is 1.53. The SMILES string of the molecule is Nc1ccn(CC(CO)OC[PH](=O)O)c(=O)n1. The predicted octanol–water partition coefficient (Wildman–Crippen LogP) is -1.37. The second-order valence-corrected chi connectivity index (χ2v) is 4.37. The molecule has 0 amide bonds. The summed E-state index contributed by atoms with van der Waals surface area (Å²) in [6, 6.07) is 1.44. The molecular formula is C8H14N3O5P. The normalized spacial score (nSPS) is 14.5. The molecule has 0 aliphatic rings. The van der Waals surface area contributed by atoms with E-state index >= 15 is 0 Å². The Kier molecular flexibility index (Phi) is 5.30. The van der Waals surface area contributed by atoms with Crippen LogP contribution in [0.4, 0.5) is 5.82 Å². The molecule has 2 atom stereocenters. The maximum atomic E-state index is 11.4. The standard InChI is InChI=1S/C8H14N3O5P/c9-7-1-2-11(8(13)10-7)3-6(4-12)16-5-17(14)15/h1-2,6,12,17H,3-5H2,(H,14,15)(H2,9,10,13). The number of nitrogens with zero attached hydrogens (tertiary/aromatic N) is 2. The highest BCUT2D eigenvalue weighted by molar-refractivity contribution is 7.37. The quantitative estimate of drug-likeness (QED) is 0.540. The number of rotatable bonds is 6. The number of aliphatic hydroxyl groups excluding tert-OH is 1. The van der Waals surface area contributed by atoms with Gasteiger partial charge in [0, 0.05) is 6.20 Å². The van der Waals surface area contributed by atoms with Crippen LogP contribution in [0.5, 0.6) is 0 Å². The van der Waals surface area contributed by atoms with Crippen LogP contribution in [0.25, 0.3) is 0 Å². The molecule has 0 aromatic carbocycles. The van der Waals surface area contributed by atoms with Crippen molar-refractivity contribution < 1.29 is 19.3 Å². The smallest absolute Gasteiger partial charge is 0.349 e. The fourth-order valence-electron chi connectivity index (χ4n) is 1.15. The number of nitrogen functional groups attached to an aromatic ring is 1. The molecule has 0 aliphatic heterocycles. The van der Waals surface area contributed by atoms with Crippen molar-refractivity contribution in [2.75, 3.05) is 18.7 Å². The molecule has 0 saturated carbocycles. The molecule has 0 spiro atoms. The Balaban J connectivity index is 2.67. The molecule has 1 aromatic heterocycles. The number of anilines is 1. The van der Waals surface area contributed by atoms with Gasteiger partial charge in [0.05, 0.1) is 19.3 Å². The first kappa shape index (κ1) is 13.9. The second kappa shape index (κ2) is 6.51. The van der Waals surface area contributed by atoms with Gasteiger partial charge < -0.3 is 20.5 Å². The highest BCUT2D eigenvalue weighted by Crippen LogP contribution is 2.13. The molecule has 9 heteroatoms. The molecule has 4 N–H and O–H groups in total. The van der Waals surface area contributed by atoms with Gasteiger partial charge in [-0.2, -0.15) is 4.98 Å². The van der Waals surface area contributed by atoms with Gasteiger partial charge >= 0.3 is 5.69 Å². The van der Waals surface area contributed by atoms with E-state index in [4.69, 9.17) is 20.5 Å². The first-order valence-electron chi connectivity index (χ1n) is 4.80. The van der Waals surface area contributed by atoms with E-state index < -0.39 is 19.8 Å². The Morgan fingerprint density at radius 1 is 1.65 bits per heavy atom. The monoisotopic (exact) mass is 263 g/mol. The van der Waals surface area contributed by atoms with E-state index in [1.165, 1.54) is 16.8 Å². The van der Waals surface area contributed by atoms with Crippen LogP contribution in [0, 0.1) is 0 Å². The van der Waals surface area contributed by atoms with Gasteiger partial charge in [-0.1, -0.05) is 0 Å². The van der Waals surface area contributed by atoms with E-state index in [0.717, 1.165) is 0 Å². The molecule has 96 valence electrons. The van der Waals surface area contributed by atoms with Crippen LogP contribution >= 0.6 is 8.03 Å². The third-order valence-electron chi connectivity index (χ3n) is 1.94. The lowest BCUT2D eigenvalue weighted by atomic mass is 10.3. The summed E-state index contributed by atoms with van der Waals surface area (Å²) >= 11 is 0. The zero-order valence-corrected chi connectivity index (χ0v) is 9.94. The van der Waals surface area contributed by atoms with Crippen molar-refractivity contribution in [2.24, 2.45) is 0 Å². The maximum Gasteiger partial charge on any atom is 0.349 e. The van der Waals surface area contributed by atoms with Gasteiger partial charge in [-0.15, -0.1) is 0 Å². The number of nitrogens with two attached hydrogens (primary N) is 1.